The maximum absolute atomic E-state index is 13.6. The molecule has 10 heteroatoms. The molecule has 8 nitrogen and oxygen atoms in total. The van der Waals surface area contributed by atoms with Crippen LogP contribution in [0.3, 0.4) is 0 Å². The lowest BCUT2D eigenvalue weighted by Crippen LogP contribution is -2.37. The lowest BCUT2D eigenvalue weighted by atomic mass is 10.1. The van der Waals surface area contributed by atoms with E-state index in [-0.39, 0.29) is 25.0 Å². The summed E-state index contributed by atoms with van der Waals surface area (Å²) in [5.74, 6) is 1.42. The topological polar surface area (TPSA) is 80.3 Å². The van der Waals surface area contributed by atoms with E-state index in [0.717, 1.165) is 10.0 Å². The summed E-state index contributed by atoms with van der Waals surface area (Å²) in [6, 6.07) is 19.1. The zero-order valence-electron chi connectivity index (χ0n) is 19.3. The van der Waals surface area contributed by atoms with Crippen molar-refractivity contribution in [2.24, 2.45) is 0 Å². The average molecular weight is 568 g/mol. The molecule has 0 radical (unpaired) electrons. The number of hydrogen-bond donors (Lipinski definition) is 1. The molecule has 3 aromatic carbocycles. The summed E-state index contributed by atoms with van der Waals surface area (Å²) in [6.45, 7) is 0.494. The van der Waals surface area contributed by atoms with E-state index in [1.54, 1.807) is 48.4 Å². The third-order valence-corrected chi connectivity index (χ3v) is 6.89. The molecule has 0 spiro atoms. The average Bonchev–Trinajstić information content (AvgIpc) is 3.43. The summed E-state index contributed by atoms with van der Waals surface area (Å²) in [4.78, 5) is 29.8. The summed E-state index contributed by atoms with van der Waals surface area (Å²) in [6.07, 6.45) is -0.0633. The van der Waals surface area contributed by atoms with Crippen LogP contribution in [0.4, 0.5) is 11.4 Å². The lowest BCUT2D eigenvalue weighted by Gasteiger charge is -2.24. The van der Waals surface area contributed by atoms with Crippen LogP contribution in [0.15, 0.2) is 71.2 Å². The molecule has 1 N–H and O–H groups in total. The molecule has 0 saturated carbocycles. The number of methoxy groups -OCH3 is 1. The van der Waals surface area contributed by atoms with E-state index in [2.05, 4.69) is 21.2 Å². The number of thiocarbonyl (C=S) groups is 1. The molecule has 1 saturated heterocycles. The maximum Gasteiger partial charge on any atom is 0.256 e. The van der Waals surface area contributed by atoms with E-state index in [9.17, 15) is 9.59 Å². The van der Waals surface area contributed by atoms with Crippen molar-refractivity contribution in [2.45, 2.75) is 19.0 Å². The molecule has 1 unspecified atom stereocenters. The minimum absolute atomic E-state index is 0.0633. The fourth-order valence-corrected chi connectivity index (χ4v) is 4.79. The Kier molecular flexibility index (Phi) is 6.80. The Balaban J connectivity index is 1.41. The van der Waals surface area contributed by atoms with Crippen molar-refractivity contribution in [1.82, 2.24) is 4.90 Å². The molecule has 3 aromatic rings. The lowest BCUT2D eigenvalue weighted by molar-refractivity contribution is -0.124. The van der Waals surface area contributed by atoms with Gasteiger partial charge in [-0.25, -0.2) is 0 Å². The first kappa shape index (κ1) is 24.1. The largest absolute Gasteiger partial charge is 0.497 e. The van der Waals surface area contributed by atoms with E-state index in [4.69, 9.17) is 26.4 Å². The summed E-state index contributed by atoms with van der Waals surface area (Å²) in [7, 11) is 1.58. The number of ether oxygens (including phenoxy) is 3. The van der Waals surface area contributed by atoms with E-state index >= 15 is 0 Å². The first-order chi connectivity index (χ1) is 17.4. The van der Waals surface area contributed by atoms with Gasteiger partial charge in [-0.2, -0.15) is 0 Å². The summed E-state index contributed by atoms with van der Waals surface area (Å²) < 4.78 is 17.0. The van der Waals surface area contributed by atoms with Gasteiger partial charge in [0, 0.05) is 16.7 Å². The number of anilines is 2. The molecule has 1 fully saturated rings. The molecule has 0 bridgehead atoms. The van der Waals surface area contributed by atoms with Crippen molar-refractivity contribution in [3.8, 4) is 17.2 Å². The second kappa shape index (κ2) is 10.2. The quantitative estimate of drug-likeness (QED) is 0.414. The Bertz CT molecular complexity index is 1320. The van der Waals surface area contributed by atoms with Gasteiger partial charge in [0.15, 0.2) is 16.6 Å². The molecule has 2 aliphatic rings. The van der Waals surface area contributed by atoms with E-state index in [1.807, 2.05) is 30.3 Å². The van der Waals surface area contributed by atoms with Gasteiger partial charge in [0.2, 0.25) is 12.7 Å². The Morgan fingerprint density at radius 1 is 1.08 bits per heavy atom. The molecule has 1 atom stereocenters. The molecule has 184 valence electrons. The number of fused-ring (bicyclic) bond motifs is 1. The maximum atomic E-state index is 13.6. The van der Waals surface area contributed by atoms with Crippen LogP contribution in [0.1, 0.15) is 12.0 Å². The van der Waals surface area contributed by atoms with Crippen LogP contribution >= 0.6 is 28.1 Å². The first-order valence-electron chi connectivity index (χ1n) is 11.2. The van der Waals surface area contributed by atoms with Crippen molar-refractivity contribution in [2.75, 3.05) is 24.1 Å². The van der Waals surface area contributed by atoms with Crippen LogP contribution in [0, 0.1) is 0 Å². The summed E-state index contributed by atoms with van der Waals surface area (Å²) in [5.41, 5.74) is 2.13. The second-order valence-electron chi connectivity index (χ2n) is 8.24. The molecule has 5 rings (SSSR count). The van der Waals surface area contributed by atoms with Gasteiger partial charge in [0.25, 0.3) is 5.91 Å². The Morgan fingerprint density at radius 3 is 2.53 bits per heavy atom. The van der Waals surface area contributed by atoms with Crippen molar-refractivity contribution in [3.63, 3.8) is 0 Å². The van der Waals surface area contributed by atoms with Gasteiger partial charge < -0.3 is 24.4 Å². The molecular formula is C26H22BrN3O5S. The van der Waals surface area contributed by atoms with Crippen LogP contribution < -0.4 is 24.4 Å². The highest BCUT2D eigenvalue weighted by Gasteiger charge is 2.44. The van der Waals surface area contributed by atoms with Gasteiger partial charge in [-0.1, -0.05) is 22.0 Å². The predicted molar refractivity (Wildman–Crippen MR) is 142 cm³/mol. The molecule has 2 heterocycles. The predicted octanol–water partition coefficient (Wildman–Crippen LogP) is 4.72. The van der Waals surface area contributed by atoms with Gasteiger partial charge in [-0.3, -0.25) is 14.5 Å². The molecule has 36 heavy (non-hydrogen) atoms. The van der Waals surface area contributed by atoms with Gasteiger partial charge in [-0.15, -0.1) is 0 Å². The van der Waals surface area contributed by atoms with Crippen LogP contribution in [0.25, 0.3) is 0 Å². The molecule has 0 aromatic heterocycles. The normalized spacial score (nSPS) is 16.4. The fourth-order valence-electron chi connectivity index (χ4n) is 4.14. The number of halogens is 1. The fraction of sp³-hybridized carbons (Fsp3) is 0.192. The highest BCUT2D eigenvalue weighted by Crippen LogP contribution is 2.35. The number of amides is 2. The number of rotatable bonds is 7. The van der Waals surface area contributed by atoms with Crippen LogP contribution in [0.2, 0.25) is 0 Å². The Hall–Kier alpha value is -3.63. The van der Waals surface area contributed by atoms with Crippen LogP contribution in [0.5, 0.6) is 17.2 Å². The van der Waals surface area contributed by atoms with Gasteiger partial charge >= 0.3 is 0 Å². The van der Waals surface area contributed by atoms with Gasteiger partial charge in [0.05, 0.1) is 19.2 Å². The van der Waals surface area contributed by atoms with E-state index in [0.29, 0.717) is 40.3 Å². The smallest absolute Gasteiger partial charge is 0.256 e. The Morgan fingerprint density at radius 2 is 1.81 bits per heavy atom. The number of nitrogens with one attached hydrogen (secondary N) is 1. The monoisotopic (exact) mass is 567 g/mol. The van der Waals surface area contributed by atoms with Crippen molar-refractivity contribution < 1.29 is 23.8 Å². The molecule has 0 aliphatic carbocycles. The minimum Gasteiger partial charge on any atom is -0.497 e. The van der Waals surface area contributed by atoms with Gasteiger partial charge in [0.1, 0.15) is 11.8 Å². The van der Waals surface area contributed by atoms with Crippen LogP contribution in [-0.4, -0.2) is 41.8 Å². The van der Waals surface area contributed by atoms with Crippen LogP contribution in [-0.2, 0) is 16.1 Å². The molecule has 2 aliphatic heterocycles. The number of carbonyl (C=O) groups excluding carboxylic acids is 2. The number of carbonyl (C=O) groups is 2. The van der Waals surface area contributed by atoms with E-state index < -0.39 is 6.04 Å². The third-order valence-electron chi connectivity index (χ3n) is 5.95. The highest BCUT2D eigenvalue weighted by molar-refractivity contribution is 9.10. The minimum atomic E-state index is -0.777. The molecular weight excluding hydrogens is 546 g/mol. The number of hydrogen-bond acceptors (Lipinski definition) is 6. The third kappa shape index (κ3) is 4.87. The SMILES string of the molecule is COc1ccc(N2C(=O)C(CC(=O)Nc3ccc(Br)cc3)N(Cc3ccc4c(c3)OCO4)C2=S)cc1. The highest BCUT2D eigenvalue weighted by atomic mass is 79.9. The van der Waals surface area contributed by atoms with Gasteiger partial charge in [-0.05, 0) is 78.4 Å². The number of benzene rings is 3. The van der Waals surface area contributed by atoms with E-state index in [1.165, 1.54) is 4.90 Å². The number of nitrogens with zero attached hydrogens (tertiary/aromatic N) is 2. The zero-order chi connectivity index (χ0) is 25.2. The van der Waals surface area contributed by atoms with Crippen molar-refractivity contribution >= 4 is 56.4 Å². The Labute approximate surface area is 221 Å². The summed E-state index contributed by atoms with van der Waals surface area (Å²) in [5, 5.41) is 3.19. The van der Waals surface area contributed by atoms with Crippen molar-refractivity contribution in [1.29, 1.82) is 0 Å². The standard InChI is InChI=1S/C26H22BrN3O5S/c1-33-20-9-7-19(8-10-20)30-25(32)21(13-24(31)28-18-5-3-17(27)4-6-18)29(26(30)36)14-16-2-11-22-23(12-16)35-15-34-22/h2-12,21H,13-15H2,1H3,(H,28,31). The summed E-state index contributed by atoms with van der Waals surface area (Å²) >= 11 is 9.15. The zero-order valence-corrected chi connectivity index (χ0v) is 21.7. The first-order valence-corrected chi connectivity index (χ1v) is 12.4. The molecule has 2 amide bonds. The second-order valence-corrected chi connectivity index (χ2v) is 9.53. The van der Waals surface area contributed by atoms with Crippen molar-refractivity contribution in [3.05, 3.63) is 76.8 Å².